The summed E-state index contributed by atoms with van der Waals surface area (Å²) in [6.07, 6.45) is 79.7. The van der Waals surface area contributed by atoms with Gasteiger partial charge in [0.05, 0.1) is 0 Å². The van der Waals surface area contributed by atoms with E-state index in [0.717, 1.165) is 77.0 Å². The fraction of sp³-hybridized carbons (Fsp3) is 0.809. The van der Waals surface area contributed by atoms with Crippen LogP contribution in [0.5, 0.6) is 0 Å². The van der Waals surface area contributed by atoms with Crippen LogP contribution in [0.3, 0.4) is 0 Å². The lowest BCUT2D eigenvalue weighted by Crippen LogP contribution is -2.30. The van der Waals surface area contributed by atoms with Crippen LogP contribution in [0.25, 0.3) is 0 Å². The van der Waals surface area contributed by atoms with Gasteiger partial charge in [-0.2, -0.15) is 0 Å². The summed E-state index contributed by atoms with van der Waals surface area (Å²) in [6, 6.07) is 0. The van der Waals surface area contributed by atoms with Crippen LogP contribution in [0, 0.1) is 0 Å². The molecule has 0 N–H and O–H groups in total. The number of hydrogen-bond acceptors (Lipinski definition) is 6. The molecule has 74 heavy (non-hydrogen) atoms. The molecule has 0 saturated carbocycles. The summed E-state index contributed by atoms with van der Waals surface area (Å²) < 4.78 is 16.8. The minimum absolute atomic E-state index is 0.0927. The second-order valence-corrected chi connectivity index (χ2v) is 21.7. The first-order chi connectivity index (χ1) is 36.5. The molecule has 0 amide bonds. The topological polar surface area (TPSA) is 78.9 Å². The predicted octanol–water partition coefficient (Wildman–Crippen LogP) is 21.9. The summed E-state index contributed by atoms with van der Waals surface area (Å²) in [4.78, 5) is 38.2. The molecule has 6 heteroatoms. The second kappa shape index (κ2) is 62.6. The van der Waals surface area contributed by atoms with Crippen molar-refractivity contribution in [1.29, 1.82) is 0 Å². The Morgan fingerprint density at radius 1 is 0.284 bits per heavy atom. The normalized spacial score (nSPS) is 12.4. The highest BCUT2D eigenvalue weighted by molar-refractivity contribution is 5.71. The summed E-state index contributed by atoms with van der Waals surface area (Å²) in [5.74, 6) is -0.935. The number of ether oxygens (including phenoxy) is 3. The highest BCUT2D eigenvalue weighted by Crippen LogP contribution is 2.18. The summed E-state index contributed by atoms with van der Waals surface area (Å²) in [5.41, 5.74) is 0. The number of unbranched alkanes of at least 4 members (excludes halogenated alkanes) is 38. The Morgan fingerprint density at radius 3 is 0.811 bits per heavy atom. The van der Waals surface area contributed by atoms with Crippen LogP contribution in [0.4, 0.5) is 0 Å². The zero-order valence-electron chi connectivity index (χ0n) is 49.4. The molecule has 0 radical (unpaired) electrons. The first-order valence-electron chi connectivity index (χ1n) is 32.3. The van der Waals surface area contributed by atoms with Crippen molar-refractivity contribution in [3.8, 4) is 0 Å². The monoisotopic (exact) mass is 1030 g/mol. The SMILES string of the molecule is CC/C=C\C/C=C\C/C=C\C/C=C\C/C=C\CCCC(=O)OC(COC(=O)CCCCCCCCCCCCC)COC(=O)CCCCCCCCCCCCCCCCCCCCCCCCCCCCCC. The Balaban J connectivity index is 4.21. The lowest BCUT2D eigenvalue weighted by molar-refractivity contribution is -0.167. The zero-order valence-corrected chi connectivity index (χ0v) is 49.4. The van der Waals surface area contributed by atoms with Gasteiger partial charge in [-0.1, -0.05) is 319 Å². The van der Waals surface area contributed by atoms with Gasteiger partial charge in [-0.3, -0.25) is 14.4 Å². The number of carbonyl (C=O) groups is 3. The van der Waals surface area contributed by atoms with E-state index in [9.17, 15) is 14.4 Å². The molecule has 0 fully saturated rings. The highest BCUT2D eigenvalue weighted by atomic mass is 16.6. The Labute approximate surface area is 460 Å². The summed E-state index contributed by atoms with van der Waals surface area (Å²) in [7, 11) is 0. The van der Waals surface area contributed by atoms with Crippen molar-refractivity contribution in [2.75, 3.05) is 13.2 Å². The van der Waals surface area contributed by atoms with Gasteiger partial charge in [0.15, 0.2) is 6.10 Å². The summed E-state index contributed by atoms with van der Waals surface area (Å²) >= 11 is 0. The summed E-state index contributed by atoms with van der Waals surface area (Å²) in [5, 5.41) is 0. The van der Waals surface area contributed by atoms with E-state index in [4.69, 9.17) is 14.2 Å². The van der Waals surface area contributed by atoms with E-state index >= 15 is 0 Å². The molecule has 0 aliphatic heterocycles. The highest BCUT2D eigenvalue weighted by Gasteiger charge is 2.19. The van der Waals surface area contributed by atoms with E-state index < -0.39 is 6.10 Å². The van der Waals surface area contributed by atoms with Crippen molar-refractivity contribution < 1.29 is 28.6 Å². The molecule has 430 valence electrons. The quantitative estimate of drug-likeness (QED) is 0.0261. The first-order valence-corrected chi connectivity index (χ1v) is 32.3. The second-order valence-electron chi connectivity index (χ2n) is 21.7. The van der Waals surface area contributed by atoms with E-state index in [2.05, 4.69) is 81.5 Å². The maximum Gasteiger partial charge on any atom is 0.306 e. The van der Waals surface area contributed by atoms with Crippen molar-refractivity contribution in [2.24, 2.45) is 0 Å². The zero-order chi connectivity index (χ0) is 53.6. The van der Waals surface area contributed by atoms with Crippen LogP contribution in [0.2, 0.25) is 0 Å². The molecule has 0 heterocycles. The van der Waals surface area contributed by atoms with Crippen molar-refractivity contribution in [3.63, 3.8) is 0 Å². The van der Waals surface area contributed by atoms with Gasteiger partial charge in [0.2, 0.25) is 0 Å². The molecule has 0 spiro atoms. The number of allylic oxidation sites excluding steroid dienone is 10. The van der Waals surface area contributed by atoms with Crippen LogP contribution < -0.4 is 0 Å². The number of carbonyl (C=O) groups excluding carboxylic acids is 3. The predicted molar refractivity (Wildman–Crippen MR) is 321 cm³/mol. The van der Waals surface area contributed by atoms with Crippen molar-refractivity contribution in [2.45, 2.75) is 341 Å². The minimum atomic E-state index is -0.801. The van der Waals surface area contributed by atoms with Crippen LogP contribution in [-0.4, -0.2) is 37.2 Å². The third-order valence-corrected chi connectivity index (χ3v) is 14.3. The number of hydrogen-bond donors (Lipinski definition) is 0. The van der Waals surface area contributed by atoms with Gasteiger partial charge in [-0.15, -0.1) is 0 Å². The van der Waals surface area contributed by atoms with E-state index in [-0.39, 0.29) is 37.5 Å². The molecule has 0 aromatic heterocycles. The third kappa shape index (κ3) is 60.0. The largest absolute Gasteiger partial charge is 0.462 e. The number of esters is 3. The fourth-order valence-electron chi connectivity index (χ4n) is 9.48. The van der Waals surface area contributed by atoms with Gasteiger partial charge in [0.25, 0.3) is 0 Å². The molecule has 0 bridgehead atoms. The maximum absolute atomic E-state index is 12.8. The van der Waals surface area contributed by atoms with Gasteiger partial charge in [-0.05, 0) is 57.8 Å². The van der Waals surface area contributed by atoms with E-state index in [1.165, 1.54) is 212 Å². The van der Waals surface area contributed by atoms with Crippen molar-refractivity contribution in [3.05, 3.63) is 60.8 Å². The molecule has 6 nitrogen and oxygen atoms in total. The summed E-state index contributed by atoms with van der Waals surface area (Å²) in [6.45, 7) is 6.52. The molecule has 0 aliphatic carbocycles. The molecule has 1 unspecified atom stereocenters. The lowest BCUT2D eigenvalue weighted by atomic mass is 10.0. The molecule has 0 aromatic rings. The molecular weight excluding hydrogens is 913 g/mol. The average molecular weight is 1040 g/mol. The standard InChI is InChI=1S/C68H122O6/c1-4-7-10-13-16-19-22-24-26-28-29-30-31-32-33-34-35-36-37-38-40-41-43-46-49-52-55-58-61-67(70)73-64-65(63-72-66(69)60-57-54-51-48-45-21-18-15-12-9-6-3)74-68(71)62-59-56-53-50-47-44-42-39-27-25-23-20-17-14-11-8-5-2/h8,11,17,20,25,27,42,44,50,53,65H,4-7,9-10,12-16,18-19,21-24,26,28-41,43,45-49,51-52,54-64H2,1-3H3/b11-8-,20-17-,27-25-,44-42-,53-50-. The Morgan fingerprint density at radius 2 is 0.527 bits per heavy atom. The van der Waals surface area contributed by atoms with Crippen LogP contribution >= 0.6 is 0 Å². The van der Waals surface area contributed by atoms with Gasteiger partial charge >= 0.3 is 17.9 Å². The van der Waals surface area contributed by atoms with E-state index in [1.54, 1.807) is 0 Å². The van der Waals surface area contributed by atoms with E-state index in [0.29, 0.717) is 19.3 Å². The molecule has 0 aliphatic rings. The average Bonchev–Trinajstić information content (AvgIpc) is 3.40. The Hall–Kier alpha value is -2.89. The molecule has 0 aromatic carbocycles. The Bertz CT molecular complexity index is 1330. The third-order valence-electron chi connectivity index (χ3n) is 14.3. The van der Waals surface area contributed by atoms with Gasteiger partial charge in [0.1, 0.15) is 13.2 Å². The van der Waals surface area contributed by atoms with Crippen LogP contribution in [0.15, 0.2) is 60.8 Å². The smallest absolute Gasteiger partial charge is 0.306 e. The maximum atomic E-state index is 12.8. The van der Waals surface area contributed by atoms with Gasteiger partial charge < -0.3 is 14.2 Å². The van der Waals surface area contributed by atoms with Gasteiger partial charge in [-0.25, -0.2) is 0 Å². The Kier molecular flexibility index (Phi) is 60.2. The minimum Gasteiger partial charge on any atom is -0.462 e. The first kappa shape index (κ1) is 71.1. The van der Waals surface area contributed by atoms with Crippen molar-refractivity contribution >= 4 is 17.9 Å². The van der Waals surface area contributed by atoms with Gasteiger partial charge in [0, 0.05) is 19.3 Å². The van der Waals surface area contributed by atoms with Crippen LogP contribution in [-0.2, 0) is 28.6 Å². The van der Waals surface area contributed by atoms with Crippen LogP contribution in [0.1, 0.15) is 335 Å². The van der Waals surface area contributed by atoms with Crippen molar-refractivity contribution in [1.82, 2.24) is 0 Å². The number of rotatable bonds is 59. The molecule has 0 rings (SSSR count). The lowest BCUT2D eigenvalue weighted by Gasteiger charge is -2.18. The molecule has 1 atom stereocenters. The fourth-order valence-corrected chi connectivity index (χ4v) is 9.48. The van der Waals surface area contributed by atoms with E-state index in [1.807, 2.05) is 0 Å². The molecular formula is C68H122O6. The molecule has 0 saturated heterocycles.